The van der Waals surface area contributed by atoms with Crippen LogP contribution in [0.3, 0.4) is 0 Å². The van der Waals surface area contributed by atoms with Crippen LogP contribution in [0.2, 0.25) is 0 Å². The zero-order valence-electron chi connectivity index (χ0n) is 22.1. The van der Waals surface area contributed by atoms with Gasteiger partial charge in [0.1, 0.15) is 23.9 Å². The van der Waals surface area contributed by atoms with Crippen LogP contribution in [0, 0.1) is 13.8 Å². The van der Waals surface area contributed by atoms with E-state index in [1.54, 1.807) is 23.1 Å². The average molecular weight is 503 g/mol. The second-order valence-corrected chi connectivity index (χ2v) is 10.2. The zero-order chi connectivity index (χ0) is 26.6. The first-order valence-corrected chi connectivity index (χ1v) is 12.4. The van der Waals surface area contributed by atoms with E-state index >= 15 is 0 Å². The summed E-state index contributed by atoms with van der Waals surface area (Å²) in [5.74, 6) is 1.55. The Morgan fingerprint density at radius 1 is 1.03 bits per heavy atom. The predicted octanol–water partition coefficient (Wildman–Crippen LogP) is 5.42. The first kappa shape index (κ1) is 26.1. The van der Waals surface area contributed by atoms with Gasteiger partial charge < -0.3 is 24.4 Å². The van der Waals surface area contributed by atoms with E-state index in [0.29, 0.717) is 36.0 Å². The second kappa shape index (κ2) is 10.9. The Labute approximate surface area is 218 Å². The highest BCUT2D eigenvalue weighted by Crippen LogP contribution is 2.34. The molecule has 0 spiro atoms. The molecule has 4 rings (SSSR count). The van der Waals surface area contributed by atoms with Crippen LogP contribution in [0.5, 0.6) is 17.2 Å². The number of aryl methyl sites for hydroxylation is 1. The summed E-state index contributed by atoms with van der Waals surface area (Å²) in [6.45, 7) is 11.0. The Balaban J connectivity index is 1.37. The molecule has 7 heteroatoms. The van der Waals surface area contributed by atoms with Gasteiger partial charge in [0.2, 0.25) is 0 Å². The minimum absolute atomic E-state index is 0.0390. The van der Waals surface area contributed by atoms with Crippen LogP contribution < -0.4 is 24.4 Å². The summed E-state index contributed by atoms with van der Waals surface area (Å²) in [5, 5.41) is 2.84. The first-order valence-electron chi connectivity index (χ1n) is 12.4. The van der Waals surface area contributed by atoms with Gasteiger partial charge >= 0.3 is 0 Å². The lowest BCUT2D eigenvalue weighted by Crippen LogP contribution is -2.41. The highest BCUT2D eigenvalue weighted by molar-refractivity contribution is 5.99. The molecule has 194 valence electrons. The Bertz CT molecular complexity index is 1280. The first-order chi connectivity index (χ1) is 17.6. The number of hydrogen-bond donors (Lipinski definition) is 1. The molecule has 3 aromatic rings. The maximum absolute atomic E-state index is 12.6. The van der Waals surface area contributed by atoms with Crippen LogP contribution in [-0.2, 0) is 15.0 Å². The molecule has 3 aromatic carbocycles. The van der Waals surface area contributed by atoms with Gasteiger partial charge in [-0.25, -0.2) is 0 Å². The third-order valence-corrected chi connectivity index (χ3v) is 6.40. The summed E-state index contributed by atoms with van der Waals surface area (Å²) < 4.78 is 17.2. The van der Waals surface area contributed by atoms with E-state index in [9.17, 15) is 9.59 Å². The molecule has 0 saturated carbocycles. The molecule has 0 aromatic heterocycles. The molecule has 2 amide bonds. The molecule has 1 aliphatic rings. The van der Waals surface area contributed by atoms with Crippen molar-refractivity contribution in [2.45, 2.75) is 40.0 Å². The summed E-state index contributed by atoms with van der Waals surface area (Å²) >= 11 is 0. The molecule has 1 N–H and O–H groups in total. The lowest BCUT2D eigenvalue weighted by atomic mass is 9.87. The Morgan fingerprint density at radius 3 is 2.51 bits per heavy atom. The SMILES string of the molecule is Cc1cccc(OCC(=O)Nc2ccc3c(c2)N(CCOc2ccc(C(C)(C)C)cc2)C(=O)CO3)c1C. The summed E-state index contributed by atoms with van der Waals surface area (Å²) in [5.41, 5.74) is 4.55. The molecule has 0 saturated heterocycles. The zero-order valence-corrected chi connectivity index (χ0v) is 22.1. The molecule has 1 heterocycles. The van der Waals surface area contributed by atoms with Crippen molar-refractivity contribution in [3.05, 3.63) is 77.4 Å². The van der Waals surface area contributed by atoms with Crippen LogP contribution in [-0.4, -0.2) is 38.2 Å². The molecular weight excluding hydrogens is 468 g/mol. The molecule has 1 aliphatic heterocycles. The third kappa shape index (κ3) is 6.42. The van der Waals surface area contributed by atoms with Gasteiger partial charge in [-0.3, -0.25) is 9.59 Å². The van der Waals surface area contributed by atoms with Crippen molar-refractivity contribution in [1.29, 1.82) is 0 Å². The van der Waals surface area contributed by atoms with Crippen LogP contribution >= 0.6 is 0 Å². The normalized spacial score (nSPS) is 13.0. The predicted molar refractivity (Wildman–Crippen MR) is 145 cm³/mol. The maximum Gasteiger partial charge on any atom is 0.265 e. The molecule has 0 aliphatic carbocycles. The van der Waals surface area contributed by atoms with Crippen molar-refractivity contribution in [1.82, 2.24) is 0 Å². The van der Waals surface area contributed by atoms with Gasteiger partial charge in [-0.1, -0.05) is 45.0 Å². The molecule has 0 bridgehead atoms. The van der Waals surface area contributed by atoms with Gasteiger partial charge in [-0.15, -0.1) is 0 Å². The fraction of sp³-hybridized carbons (Fsp3) is 0.333. The van der Waals surface area contributed by atoms with Crippen LogP contribution in [0.25, 0.3) is 0 Å². The number of hydrogen-bond acceptors (Lipinski definition) is 5. The molecule has 37 heavy (non-hydrogen) atoms. The molecule has 0 fully saturated rings. The van der Waals surface area contributed by atoms with E-state index in [4.69, 9.17) is 14.2 Å². The molecule has 0 atom stereocenters. The number of ether oxygens (including phenoxy) is 3. The number of fused-ring (bicyclic) bond motifs is 1. The summed E-state index contributed by atoms with van der Waals surface area (Å²) in [6, 6.07) is 19.0. The number of carbonyl (C=O) groups excluding carboxylic acids is 2. The van der Waals surface area contributed by atoms with Crippen molar-refractivity contribution in [3.63, 3.8) is 0 Å². The lowest BCUT2D eigenvalue weighted by molar-refractivity contribution is -0.121. The lowest BCUT2D eigenvalue weighted by Gasteiger charge is -2.29. The standard InChI is InChI=1S/C30H34N2O5/c1-20-7-6-8-26(21(20)2)36-18-28(33)31-23-11-14-27-25(17-23)32(29(34)19-37-27)15-16-35-24-12-9-22(10-13-24)30(3,4)5/h6-14,17H,15-16,18-19H2,1-5H3,(H,31,33). The highest BCUT2D eigenvalue weighted by Gasteiger charge is 2.26. The quantitative estimate of drug-likeness (QED) is 0.445. The summed E-state index contributed by atoms with van der Waals surface area (Å²) in [6.07, 6.45) is 0. The largest absolute Gasteiger partial charge is 0.492 e. The number of amides is 2. The number of nitrogens with one attached hydrogen (secondary N) is 1. The fourth-order valence-corrected chi connectivity index (χ4v) is 4.05. The van der Waals surface area contributed by atoms with Crippen LogP contribution in [0.4, 0.5) is 11.4 Å². The van der Waals surface area contributed by atoms with Gasteiger partial charge in [0, 0.05) is 5.69 Å². The average Bonchev–Trinajstić information content (AvgIpc) is 2.86. The van der Waals surface area contributed by atoms with Crippen LogP contribution in [0.1, 0.15) is 37.5 Å². The van der Waals surface area contributed by atoms with Crippen molar-refractivity contribution in [3.8, 4) is 17.2 Å². The Hall–Kier alpha value is -4.00. The molecular formula is C30H34N2O5. The minimum atomic E-state index is -0.294. The monoisotopic (exact) mass is 502 g/mol. The van der Waals surface area contributed by atoms with E-state index in [1.165, 1.54) is 5.56 Å². The number of anilines is 2. The fourth-order valence-electron chi connectivity index (χ4n) is 4.05. The third-order valence-electron chi connectivity index (χ3n) is 6.40. The summed E-state index contributed by atoms with van der Waals surface area (Å²) in [4.78, 5) is 26.8. The van der Waals surface area contributed by atoms with E-state index in [2.05, 4.69) is 38.2 Å². The molecule has 0 radical (unpaired) electrons. The van der Waals surface area contributed by atoms with Crippen molar-refractivity contribution in [2.75, 3.05) is 36.6 Å². The Kier molecular flexibility index (Phi) is 7.71. The van der Waals surface area contributed by atoms with Gasteiger partial charge in [0.05, 0.1) is 12.2 Å². The van der Waals surface area contributed by atoms with Gasteiger partial charge in [0.15, 0.2) is 13.2 Å². The number of rotatable bonds is 8. The van der Waals surface area contributed by atoms with E-state index in [-0.39, 0.29) is 30.4 Å². The number of benzene rings is 3. The van der Waals surface area contributed by atoms with E-state index < -0.39 is 0 Å². The van der Waals surface area contributed by atoms with Gasteiger partial charge in [-0.2, -0.15) is 0 Å². The minimum Gasteiger partial charge on any atom is -0.492 e. The van der Waals surface area contributed by atoms with E-state index in [0.717, 1.165) is 16.9 Å². The Morgan fingerprint density at radius 2 is 1.78 bits per heavy atom. The topological polar surface area (TPSA) is 77.1 Å². The number of nitrogens with zero attached hydrogens (tertiary/aromatic N) is 1. The van der Waals surface area contributed by atoms with Gasteiger partial charge in [0.25, 0.3) is 11.8 Å². The number of carbonyl (C=O) groups is 2. The smallest absolute Gasteiger partial charge is 0.265 e. The summed E-state index contributed by atoms with van der Waals surface area (Å²) in [7, 11) is 0. The van der Waals surface area contributed by atoms with Crippen molar-refractivity contribution >= 4 is 23.2 Å². The molecule has 7 nitrogen and oxygen atoms in total. The highest BCUT2D eigenvalue weighted by atomic mass is 16.5. The van der Waals surface area contributed by atoms with Crippen molar-refractivity contribution < 1.29 is 23.8 Å². The maximum atomic E-state index is 12.6. The van der Waals surface area contributed by atoms with Crippen molar-refractivity contribution in [2.24, 2.45) is 0 Å². The molecule has 0 unspecified atom stereocenters. The second-order valence-electron chi connectivity index (χ2n) is 10.2. The van der Waals surface area contributed by atoms with E-state index in [1.807, 2.05) is 44.2 Å². The van der Waals surface area contributed by atoms with Crippen LogP contribution in [0.15, 0.2) is 60.7 Å². The van der Waals surface area contributed by atoms with Gasteiger partial charge in [-0.05, 0) is 72.4 Å².